The number of ketones is 1. The number of Topliss-reactive ketones (excluding diaryl/α,β-unsaturated/α-hetero) is 1. The zero-order valence-electron chi connectivity index (χ0n) is 14.9. The Bertz CT molecular complexity index is 1220. The number of carbonyl (C=O) groups is 1. The van der Waals surface area contributed by atoms with Crippen LogP contribution in [-0.2, 0) is 13.1 Å². The second kappa shape index (κ2) is 7.08. The van der Waals surface area contributed by atoms with Crippen LogP contribution in [0.25, 0.3) is 11.0 Å². The number of hydrogen-bond acceptors (Lipinski definition) is 4. The summed E-state index contributed by atoms with van der Waals surface area (Å²) < 4.78 is 3.08. The molecule has 4 aromatic rings. The first-order chi connectivity index (χ1) is 13.5. The lowest BCUT2D eigenvalue weighted by Gasteiger charge is -2.05. The molecule has 0 radical (unpaired) electrons. The Morgan fingerprint density at radius 2 is 1.43 bits per heavy atom. The number of hydrogen-bond donors (Lipinski definition) is 2. The topological polar surface area (TPSA) is 84.5 Å². The summed E-state index contributed by atoms with van der Waals surface area (Å²) in [6.45, 7) is 0.243. The Labute approximate surface area is 160 Å². The normalized spacial score (nSPS) is 11.0. The number of rotatable bonds is 5. The molecule has 0 spiro atoms. The van der Waals surface area contributed by atoms with E-state index in [-0.39, 0.29) is 35.1 Å². The summed E-state index contributed by atoms with van der Waals surface area (Å²) >= 11 is 0. The van der Waals surface area contributed by atoms with Gasteiger partial charge in [-0.1, -0.05) is 42.5 Å². The summed E-state index contributed by atoms with van der Waals surface area (Å²) in [6.07, 6.45) is 0. The van der Waals surface area contributed by atoms with Gasteiger partial charge in [-0.05, 0) is 35.9 Å². The van der Waals surface area contributed by atoms with Gasteiger partial charge in [0.15, 0.2) is 17.3 Å². The first-order valence-corrected chi connectivity index (χ1v) is 8.82. The van der Waals surface area contributed by atoms with E-state index in [1.807, 2.05) is 48.5 Å². The van der Waals surface area contributed by atoms with Gasteiger partial charge in [0, 0.05) is 5.56 Å². The Morgan fingerprint density at radius 3 is 2.11 bits per heavy atom. The summed E-state index contributed by atoms with van der Waals surface area (Å²) in [5.74, 6) is -1.00. The number of imidazole rings is 1. The van der Waals surface area contributed by atoms with Gasteiger partial charge in [0.05, 0.1) is 24.1 Å². The second-order valence-corrected chi connectivity index (χ2v) is 6.56. The SMILES string of the molecule is O=C(Cn1c(=O)n(Cc2ccccc2)c2ccccc21)c1ccc(O)c(O)c1. The van der Waals surface area contributed by atoms with Gasteiger partial charge < -0.3 is 10.2 Å². The van der Waals surface area contributed by atoms with Crippen LogP contribution in [0, 0.1) is 0 Å². The van der Waals surface area contributed by atoms with E-state index in [0.717, 1.165) is 11.1 Å². The van der Waals surface area contributed by atoms with Crippen LogP contribution in [0.1, 0.15) is 15.9 Å². The molecule has 0 aliphatic carbocycles. The molecule has 4 rings (SSSR count). The molecule has 0 saturated heterocycles. The van der Waals surface area contributed by atoms with Crippen molar-refractivity contribution in [3.05, 3.63) is 94.4 Å². The van der Waals surface area contributed by atoms with Gasteiger partial charge in [-0.3, -0.25) is 13.9 Å². The van der Waals surface area contributed by atoms with Crippen molar-refractivity contribution in [1.82, 2.24) is 9.13 Å². The summed E-state index contributed by atoms with van der Waals surface area (Å²) in [6, 6.07) is 20.9. The smallest absolute Gasteiger partial charge is 0.329 e. The summed E-state index contributed by atoms with van der Waals surface area (Å²) in [7, 11) is 0. The fraction of sp³-hybridized carbons (Fsp3) is 0.0909. The number of phenols is 2. The van der Waals surface area contributed by atoms with E-state index in [9.17, 15) is 19.8 Å². The number of nitrogens with zero attached hydrogens (tertiary/aromatic N) is 2. The first kappa shape index (κ1) is 17.6. The fourth-order valence-electron chi connectivity index (χ4n) is 3.28. The zero-order chi connectivity index (χ0) is 19.7. The lowest BCUT2D eigenvalue weighted by molar-refractivity contribution is 0.0971. The van der Waals surface area contributed by atoms with Crippen molar-refractivity contribution in [1.29, 1.82) is 0 Å². The Hall–Kier alpha value is -3.80. The highest BCUT2D eigenvalue weighted by atomic mass is 16.3. The number of aromatic nitrogens is 2. The van der Waals surface area contributed by atoms with E-state index < -0.39 is 0 Å². The molecule has 0 bridgehead atoms. The van der Waals surface area contributed by atoms with Crippen LogP contribution in [0.5, 0.6) is 11.5 Å². The minimum absolute atomic E-state index is 0.161. The zero-order valence-corrected chi connectivity index (χ0v) is 14.9. The molecule has 0 aliphatic rings. The van der Waals surface area contributed by atoms with E-state index in [1.165, 1.54) is 22.8 Å². The number of carbonyl (C=O) groups excluding carboxylic acids is 1. The van der Waals surface area contributed by atoms with E-state index in [4.69, 9.17) is 0 Å². The van der Waals surface area contributed by atoms with Gasteiger partial charge in [-0.25, -0.2) is 4.79 Å². The number of para-hydroxylation sites is 2. The van der Waals surface area contributed by atoms with E-state index in [1.54, 1.807) is 10.6 Å². The molecule has 1 aromatic heterocycles. The van der Waals surface area contributed by atoms with E-state index in [0.29, 0.717) is 12.1 Å². The van der Waals surface area contributed by atoms with Crippen molar-refractivity contribution in [3.8, 4) is 11.5 Å². The van der Waals surface area contributed by atoms with Gasteiger partial charge in [0.2, 0.25) is 0 Å². The average molecular weight is 374 g/mol. The molecule has 28 heavy (non-hydrogen) atoms. The van der Waals surface area contributed by atoms with Crippen molar-refractivity contribution in [2.75, 3.05) is 0 Å². The lowest BCUT2D eigenvalue weighted by Crippen LogP contribution is -2.27. The molecule has 0 unspecified atom stereocenters. The Morgan fingerprint density at radius 1 is 0.786 bits per heavy atom. The molecular weight excluding hydrogens is 356 g/mol. The first-order valence-electron chi connectivity index (χ1n) is 8.82. The maximum atomic E-state index is 13.1. The molecule has 0 fully saturated rings. The molecule has 6 nitrogen and oxygen atoms in total. The molecule has 2 N–H and O–H groups in total. The Kier molecular flexibility index (Phi) is 4.45. The van der Waals surface area contributed by atoms with Crippen LogP contribution in [0.3, 0.4) is 0 Å². The largest absolute Gasteiger partial charge is 0.504 e. The highest BCUT2D eigenvalue weighted by Crippen LogP contribution is 2.25. The molecule has 6 heteroatoms. The Balaban J connectivity index is 1.75. The van der Waals surface area contributed by atoms with Crippen molar-refractivity contribution < 1.29 is 15.0 Å². The number of fused-ring (bicyclic) bond motifs is 1. The third-order valence-corrected chi connectivity index (χ3v) is 4.71. The van der Waals surface area contributed by atoms with Crippen LogP contribution >= 0.6 is 0 Å². The van der Waals surface area contributed by atoms with Crippen molar-refractivity contribution in [2.45, 2.75) is 13.1 Å². The van der Waals surface area contributed by atoms with Gasteiger partial charge in [0.25, 0.3) is 0 Å². The minimum atomic E-state index is -0.371. The van der Waals surface area contributed by atoms with E-state index >= 15 is 0 Å². The third kappa shape index (κ3) is 3.16. The molecule has 0 saturated carbocycles. The highest BCUT2D eigenvalue weighted by molar-refractivity contribution is 5.97. The quantitative estimate of drug-likeness (QED) is 0.415. The second-order valence-electron chi connectivity index (χ2n) is 6.56. The molecule has 3 aromatic carbocycles. The molecule has 1 heterocycles. The maximum Gasteiger partial charge on any atom is 0.329 e. The minimum Gasteiger partial charge on any atom is -0.504 e. The monoisotopic (exact) mass is 374 g/mol. The van der Waals surface area contributed by atoms with E-state index in [2.05, 4.69) is 0 Å². The summed E-state index contributed by atoms with van der Waals surface area (Å²) in [5.41, 5.74) is 2.35. The predicted octanol–water partition coefficient (Wildman–Crippen LogP) is 3.15. The van der Waals surface area contributed by atoms with Crippen LogP contribution in [-0.4, -0.2) is 25.1 Å². The lowest BCUT2D eigenvalue weighted by atomic mass is 10.1. The number of aromatic hydroxyl groups is 2. The maximum absolute atomic E-state index is 13.1. The number of phenolic OH excluding ortho intramolecular Hbond substituents is 2. The van der Waals surface area contributed by atoms with Crippen molar-refractivity contribution >= 4 is 16.8 Å². The summed E-state index contributed by atoms with van der Waals surface area (Å²) in [4.78, 5) is 25.7. The van der Waals surface area contributed by atoms with Crippen LogP contribution in [0.2, 0.25) is 0 Å². The standard InChI is InChI=1S/C22H18N2O4/c25-19-11-10-16(12-20(19)26)21(27)14-24-18-9-5-4-8-17(18)23(22(24)28)13-15-6-2-1-3-7-15/h1-12,25-26H,13-14H2. The average Bonchev–Trinajstić information content (AvgIpc) is 2.97. The van der Waals surface area contributed by atoms with Crippen LogP contribution in [0.15, 0.2) is 77.6 Å². The van der Waals surface area contributed by atoms with Gasteiger partial charge in [-0.15, -0.1) is 0 Å². The van der Waals surface area contributed by atoms with Crippen LogP contribution in [0.4, 0.5) is 0 Å². The fourth-order valence-corrected chi connectivity index (χ4v) is 3.28. The third-order valence-electron chi connectivity index (χ3n) is 4.71. The molecule has 0 atom stereocenters. The van der Waals surface area contributed by atoms with Gasteiger partial charge in [-0.2, -0.15) is 0 Å². The molecule has 0 aliphatic heterocycles. The van der Waals surface area contributed by atoms with Crippen molar-refractivity contribution in [2.24, 2.45) is 0 Å². The summed E-state index contributed by atoms with van der Waals surface area (Å²) in [5, 5.41) is 19.1. The molecule has 140 valence electrons. The highest BCUT2D eigenvalue weighted by Gasteiger charge is 2.17. The van der Waals surface area contributed by atoms with Gasteiger partial charge >= 0.3 is 5.69 Å². The predicted molar refractivity (Wildman–Crippen MR) is 106 cm³/mol. The number of benzene rings is 3. The molecular formula is C22H18N2O4. The van der Waals surface area contributed by atoms with Gasteiger partial charge in [0.1, 0.15) is 0 Å². The van der Waals surface area contributed by atoms with Crippen LogP contribution < -0.4 is 5.69 Å². The molecule has 0 amide bonds. The van der Waals surface area contributed by atoms with Crippen molar-refractivity contribution in [3.63, 3.8) is 0 Å².